The van der Waals surface area contributed by atoms with Gasteiger partial charge in [0.1, 0.15) is 5.60 Å². The van der Waals surface area contributed by atoms with E-state index in [0.717, 1.165) is 0 Å². The summed E-state index contributed by atoms with van der Waals surface area (Å²) in [5, 5.41) is 5.54. The molecule has 2 N–H and O–H groups in total. The molecule has 0 aromatic carbocycles. The van der Waals surface area contributed by atoms with Crippen LogP contribution in [-0.4, -0.2) is 36.2 Å². The van der Waals surface area contributed by atoms with Crippen molar-refractivity contribution in [1.82, 2.24) is 10.6 Å². The summed E-state index contributed by atoms with van der Waals surface area (Å²) < 4.78 is 29.7. The van der Waals surface area contributed by atoms with E-state index in [2.05, 4.69) is 10.6 Å². The van der Waals surface area contributed by atoms with Crippen LogP contribution in [0, 0.1) is 0 Å². The van der Waals surface area contributed by atoms with E-state index in [0.29, 0.717) is 12.8 Å². The number of carbonyl (C=O) groups is 1. The van der Waals surface area contributed by atoms with Gasteiger partial charge in [0, 0.05) is 14.9 Å². The van der Waals surface area contributed by atoms with Gasteiger partial charge in [0.15, 0.2) is 0 Å². The summed E-state index contributed by atoms with van der Waals surface area (Å²) in [4.78, 5) is 11.4. The van der Waals surface area contributed by atoms with Crippen LogP contribution in [-0.2, 0) is 4.74 Å². The van der Waals surface area contributed by atoms with Crippen LogP contribution in [0.2, 0.25) is 0 Å². The van der Waals surface area contributed by atoms with Crippen molar-refractivity contribution < 1.29 is 21.2 Å². The van der Waals surface area contributed by atoms with Gasteiger partial charge in [-0.2, -0.15) is 0 Å². The van der Waals surface area contributed by atoms with Gasteiger partial charge in [-0.05, 0) is 40.5 Å². The first-order chi connectivity index (χ1) is 8.17. The van der Waals surface area contributed by atoms with Gasteiger partial charge in [0.05, 0.1) is 6.04 Å². The van der Waals surface area contributed by atoms with Crippen molar-refractivity contribution in [3.05, 3.63) is 0 Å². The zero-order chi connectivity index (χ0) is 13.9. The van der Waals surface area contributed by atoms with Gasteiger partial charge in [-0.15, -0.1) is 0 Å². The molecule has 1 fully saturated rings. The van der Waals surface area contributed by atoms with Gasteiger partial charge in [-0.3, -0.25) is 0 Å². The Morgan fingerprint density at radius 1 is 1.33 bits per heavy atom. The number of amides is 1. The average molecular weight is 268 g/mol. The van der Waals surface area contributed by atoms with Crippen molar-refractivity contribution in [2.75, 3.05) is 0 Å². The lowest BCUT2D eigenvalue weighted by Crippen LogP contribution is -2.55. The number of nitrogens with one attached hydrogen (secondary N) is 2. The Kier molecular flexibility index (Phi) is 4.90. The number of halogens is 2. The van der Waals surface area contributed by atoms with Crippen molar-refractivity contribution in [3.8, 4) is 0 Å². The molecule has 110 valence electrons. The molecular weight excluding hydrogens is 242 g/mol. The van der Waals surface area contributed by atoms with E-state index in [-0.39, 0.29) is 14.9 Å². The van der Waals surface area contributed by atoms with Crippen LogP contribution >= 0.6 is 0 Å². The molecule has 1 atom stereocenters. The summed E-state index contributed by atoms with van der Waals surface area (Å²) in [6.07, 6.45) is -1.48. The van der Waals surface area contributed by atoms with Gasteiger partial charge in [-0.1, -0.05) is 0 Å². The molecule has 0 radical (unpaired) electrons. The Bertz CT molecular complexity index is 296. The molecule has 1 aliphatic rings. The molecule has 6 heteroatoms. The fourth-order valence-electron chi connectivity index (χ4n) is 1.79. The Morgan fingerprint density at radius 2 is 1.89 bits per heavy atom. The molecule has 1 unspecified atom stereocenters. The van der Waals surface area contributed by atoms with Crippen molar-refractivity contribution in [3.63, 3.8) is 0 Å². The van der Waals surface area contributed by atoms with Crippen molar-refractivity contribution in [2.24, 2.45) is 0 Å². The zero-order valence-electron chi connectivity index (χ0n) is 11.3. The first-order valence-electron chi connectivity index (χ1n) is 6.21. The van der Waals surface area contributed by atoms with Gasteiger partial charge in [-0.25, -0.2) is 13.6 Å². The molecule has 0 heterocycles. The third-order valence-electron chi connectivity index (χ3n) is 2.74. The molecule has 1 rings (SSSR count). The summed E-state index contributed by atoms with van der Waals surface area (Å²) in [5.41, 5.74) is -0.518. The second-order valence-corrected chi connectivity index (χ2v) is 5.80. The first-order valence-corrected chi connectivity index (χ1v) is 6.21. The highest BCUT2D eigenvalue weighted by atomic mass is 19.3. The third-order valence-corrected chi connectivity index (χ3v) is 2.74. The second-order valence-electron chi connectivity index (χ2n) is 5.80. The topological polar surface area (TPSA) is 50.4 Å². The predicted molar refractivity (Wildman–Crippen MR) is 69.0 cm³/mol. The molecule has 0 aromatic heterocycles. The van der Waals surface area contributed by atoms with E-state index in [9.17, 15) is 13.6 Å². The first kappa shape index (κ1) is 15.1. The maximum Gasteiger partial charge on any atom is 0.407 e. The normalized spacial score (nSPS) is 25.5. The molecule has 1 aliphatic carbocycles. The summed E-state index contributed by atoms with van der Waals surface area (Å²) in [7, 11) is 0. The Labute approximate surface area is 109 Å². The van der Waals surface area contributed by atoms with Crippen LogP contribution in [0.5, 0.6) is 0 Å². The maximum absolute atomic E-state index is 12.3. The summed E-state index contributed by atoms with van der Waals surface area (Å²) in [6, 6.07) is -0.742. The van der Waals surface area contributed by atoms with Crippen molar-refractivity contribution >= 4 is 6.09 Å². The maximum atomic E-state index is 12.3. The molecule has 1 amide bonds. The van der Waals surface area contributed by atoms with E-state index >= 15 is 0 Å². The third kappa shape index (κ3) is 5.16. The minimum Gasteiger partial charge on any atom is -0.444 e. The molecule has 4 nitrogen and oxygen atoms in total. The van der Waals surface area contributed by atoms with Crippen LogP contribution in [0.4, 0.5) is 13.6 Å². The van der Waals surface area contributed by atoms with Gasteiger partial charge < -0.3 is 15.4 Å². The van der Waals surface area contributed by atoms with Crippen molar-refractivity contribution in [1.29, 1.82) is 0 Å². The molecule has 0 saturated heterocycles. The molecule has 0 bridgehead atoms. The van der Waals surface area contributed by atoms with E-state index in [1.165, 1.54) is 6.92 Å². The average Bonchev–Trinajstić information content (AvgIpc) is 2.10. The fraction of sp³-hybridized carbons (Fsp3) is 0.917. The molecule has 18 heavy (non-hydrogen) atoms. The minimum atomic E-state index is -2.36. The number of hydrogen-bond acceptors (Lipinski definition) is 3. The van der Waals surface area contributed by atoms with Gasteiger partial charge in [0.2, 0.25) is 0 Å². The SMILES string of the molecule is CC(NC1CC(NC(=O)OC(C)(C)C)C1)C(F)F.[HH].[HH]. The van der Waals surface area contributed by atoms with Gasteiger partial charge in [0.25, 0.3) is 6.43 Å². The highest BCUT2D eigenvalue weighted by Crippen LogP contribution is 2.22. The number of rotatable bonds is 4. The highest BCUT2D eigenvalue weighted by Gasteiger charge is 2.33. The van der Waals surface area contributed by atoms with Crippen LogP contribution in [0.1, 0.15) is 43.4 Å². The van der Waals surface area contributed by atoms with E-state index in [1.54, 1.807) is 20.8 Å². The molecule has 1 saturated carbocycles. The lowest BCUT2D eigenvalue weighted by Gasteiger charge is -2.38. The molecular formula is C12H26F2N2O2. The number of hydrogen-bond donors (Lipinski definition) is 2. The molecule has 0 aliphatic heterocycles. The zero-order valence-corrected chi connectivity index (χ0v) is 11.3. The minimum absolute atomic E-state index is 0. The Balaban J connectivity index is 0. The number of carbonyl (C=O) groups excluding carboxylic acids is 1. The van der Waals surface area contributed by atoms with Crippen LogP contribution in [0.3, 0.4) is 0 Å². The summed E-state index contributed by atoms with van der Waals surface area (Å²) in [6.45, 7) is 6.84. The molecule has 0 aromatic rings. The van der Waals surface area contributed by atoms with E-state index < -0.39 is 24.2 Å². The number of alkyl carbamates (subject to hydrolysis) is 1. The summed E-state index contributed by atoms with van der Waals surface area (Å²) in [5.74, 6) is 0. The Hall–Kier alpha value is -0.910. The standard InChI is InChI=1S/C12H22F2N2O2.2H2/c1-7(10(13)14)15-8-5-9(6-8)16-11(17)18-12(2,3)4;;/h7-10,15H,5-6H2,1-4H3,(H,16,17);2*1H. The largest absolute Gasteiger partial charge is 0.444 e. The highest BCUT2D eigenvalue weighted by molar-refractivity contribution is 5.68. The van der Waals surface area contributed by atoms with Crippen LogP contribution < -0.4 is 10.6 Å². The predicted octanol–water partition coefficient (Wildman–Crippen LogP) is 2.78. The lowest BCUT2D eigenvalue weighted by molar-refractivity contribution is 0.0442. The summed E-state index contributed by atoms with van der Waals surface area (Å²) >= 11 is 0. The Morgan fingerprint density at radius 3 is 2.33 bits per heavy atom. The number of alkyl halides is 2. The monoisotopic (exact) mass is 268 g/mol. The fourth-order valence-corrected chi connectivity index (χ4v) is 1.79. The lowest BCUT2D eigenvalue weighted by atomic mass is 9.86. The smallest absolute Gasteiger partial charge is 0.407 e. The van der Waals surface area contributed by atoms with Gasteiger partial charge >= 0.3 is 6.09 Å². The quantitative estimate of drug-likeness (QED) is 0.824. The van der Waals surface area contributed by atoms with E-state index in [4.69, 9.17) is 4.74 Å². The van der Waals surface area contributed by atoms with Crippen molar-refractivity contribution in [2.45, 2.75) is 70.7 Å². The van der Waals surface area contributed by atoms with E-state index in [1.807, 2.05) is 0 Å². The second kappa shape index (κ2) is 5.82. The molecule has 0 spiro atoms. The van der Waals surface area contributed by atoms with Crippen LogP contribution in [0.25, 0.3) is 0 Å². The number of ether oxygens (including phenoxy) is 1. The van der Waals surface area contributed by atoms with Crippen LogP contribution in [0.15, 0.2) is 0 Å².